The smallest absolute Gasteiger partial charge is 0.386 e. The lowest BCUT2D eigenvalue weighted by molar-refractivity contribution is -0.138. The third-order valence-electron chi connectivity index (χ3n) is 3.40. The van der Waals surface area contributed by atoms with Crippen LogP contribution < -0.4 is 5.73 Å². The van der Waals surface area contributed by atoms with Gasteiger partial charge in [0.15, 0.2) is 0 Å². The molecule has 7 heteroatoms. The molecule has 110 valence electrons. The second-order valence-electron chi connectivity index (χ2n) is 4.75. The Morgan fingerprint density at radius 2 is 2.15 bits per heavy atom. The van der Waals surface area contributed by atoms with Gasteiger partial charge in [-0.15, -0.1) is 0 Å². The van der Waals surface area contributed by atoms with E-state index in [2.05, 4.69) is 4.99 Å². The molecule has 1 heterocycles. The van der Waals surface area contributed by atoms with Crippen molar-refractivity contribution in [3.63, 3.8) is 0 Å². The highest BCUT2D eigenvalue weighted by molar-refractivity contribution is 6.30. The van der Waals surface area contributed by atoms with Gasteiger partial charge in [-0.2, -0.15) is 13.2 Å². The first-order chi connectivity index (χ1) is 9.29. The average Bonchev–Trinajstić information content (AvgIpc) is 2.33. The summed E-state index contributed by atoms with van der Waals surface area (Å²) in [6.07, 6.45) is -4.39. The average molecular weight is 306 g/mol. The molecule has 0 bridgehead atoms. The summed E-state index contributed by atoms with van der Waals surface area (Å²) in [6.45, 7) is 3.05. The van der Waals surface area contributed by atoms with Gasteiger partial charge >= 0.3 is 6.18 Å². The minimum atomic E-state index is -4.39. The zero-order valence-electron chi connectivity index (χ0n) is 10.9. The van der Waals surface area contributed by atoms with Crippen LogP contribution in [0.15, 0.2) is 23.2 Å². The second kappa shape index (κ2) is 5.61. The molecule has 0 fully saturated rings. The maximum atomic E-state index is 13.0. The van der Waals surface area contributed by atoms with Crippen LogP contribution in [0.2, 0.25) is 5.02 Å². The highest BCUT2D eigenvalue weighted by Gasteiger charge is 2.34. The monoisotopic (exact) mass is 305 g/mol. The third kappa shape index (κ3) is 3.24. The number of nitrogens with two attached hydrogens (primary N) is 1. The molecule has 0 saturated heterocycles. The molecular formula is C13H15ClF3N3. The molecule has 1 aliphatic rings. The van der Waals surface area contributed by atoms with Crippen molar-refractivity contribution >= 4 is 17.4 Å². The number of hydrogen-bond acceptors (Lipinski definition) is 3. The second-order valence-corrected chi connectivity index (χ2v) is 5.19. The Kier molecular flexibility index (Phi) is 4.25. The predicted octanol–water partition coefficient (Wildman–Crippen LogP) is 2.92. The number of alkyl halides is 3. The van der Waals surface area contributed by atoms with Gasteiger partial charge in [0.05, 0.1) is 18.2 Å². The molecule has 20 heavy (non-hydrogen) atoms. The number of aliphatic imine (C=N–C) groups is 1. The van der Waals surface area contributed by atoms with Crippen molar-refractivity contribution in [3.8, 4) is 0 Å². The van der Waals surface area contributed by atoms with Gasteiger partial charge in [0.1, 0.15) is 5.84 Å². The van der Waals surface area contributed by atoms with Crippen LogP contribution >= 0.6 is 11.6 Å². The van der Waals surface area contributed by atoms with E-state index in [-0.39, 0.29) is 18.2 Å². The van der Waals surface area contributed by atoms with Crippen LogP contribution in [0.3, 0.4) is 0 Å². The first-order valence-electron chi connectivity index (χ1n) is 6.18. The van der Waals surface area contributed by atoms with Crippen molar-refractivity contribution in [1.82, 2.24) is 4.90 Å². The summed E-state index contributed by atoms with van der Waals surface area (Å²) in [5.41, 5.74) is 5.24. The normalized spacial score (nSPS) is 20.9. The summed E-state index contributed by atoms with van der Waals surface area (Å²) in [5, 5.41) is 0.291. The lowest BCUT2D eigenvalue weighted by atomic mass is 10.1. The van der Waals surface area contributed by atoms with E-state index in [0.29, 0.717) is 23.9 Å². The molecule has 2 N–H and O–H groups in total. The van der Waals surface area contributed by atoms with Crippen molar-refractivity contribution < 1.29 is 13.2 Å². The summed E-state index contributed by atoms with van der Waals surface area (Å²) in [6, 6.07) is 3.45. The van der Waals surface area contributed by atoms with Crippen molar-refractivity contribution in [2.45, 2.75) is 25.7 Å². The van der Waals surface area contributed by atoms with Crippen LogP contribution in [0, 0.1) is 0 Å². The summed E-state index contributed by atoms with van der Waals surface area (Å²) >= 11 is 5.82. The molecule has 3 nitrogen and oxygen atoms in total. The van der Waals surface area contributed by atoms with E-state index in [1.54, 1.807) is 0 Å². The predicted molar refractivity (Wildman–Crippen MR) is 72.8 cm³/mol. The van der Waals surface area contributed by atoms with Gasteiger partial charge in [-0.3, -0.25) is 9.89 Å². The Labute approximate surface area is 120 Å². The number of rotatable bonds is 2. The molecule has 1 aromatic rings. The number of benzene rings is 1. The Balaban J connectivity index is 2.29. The molecule has 1 aliphatic heterocycles. The Morgan fingerprint density at radius 1 is 1.45 bits per heavy atom. The standard InChI is InChI=1S/C13H15ClF3N3/c1-8-12(18)19-4-5-20(8)7-9-6-10(14)2-3-11(9)13(15,16)17/h2-3,6,8H,4-5,7H2,1H3,(H2,18,19). The van der Waals surface area contributed by atoms with Crippen molar-refractivity contribution in [2.24, 2.45) is 10.7 Å². The fourth-order valence-corrected chi connectivity index (χ4v) is 2.42. The number of nitrogens with zero attached hydrogens (tertiary/aromatic N) is 2. The highest BCUT2D eigenvalue weighted by atomic mass is 35.5. The first kappa shape index (κ1) is 15.1. The number of amidine groups is 1. The molecule has 0 radical (unpaired) electrons. The molecule has 1 atom stereocenters. The molecular weight excluding hydrogens is 291 g/mol. The lowest BCUT2D eigenvalue weighted by Crippen LogP contribution is -2.47. The molecule has 0 amide bonds. The zero-order valence-corrected chi connectivity index (χ0v) is 11.7. The van der Waals surface area contributed by atoms with Crippen LogP contribution in [0.4, 0.5) is 13.2 Å². The van der Waals surface area contributed by atoms with Crippen LogP contribution in [0.5, 0.6) is 0 Å². The fourth-order valence-electron chi connectivity index (χ4n) is 2.22. The Morgan fingerprint density at radius 3 is 2.80 bits per heavy atom. The topological polar surface area (TPSA) is 41.6 Å². The van der Waals surface area contributed by atoms with Gasteiger partial charge in [-0.05, 0) is 30.7 Å². The quantitative estimate of drug-likeness (QED) is 0.913. The van der Waals surface area contributed by atoms with Gasteiger partial charge in [-0.25, -0.2) is 0 Å². The van der Waals surface area contributed by atoms with E-state index in [1.165, 1.54) is 12.1 Å². The summed E-state index contributed by atoms with van der Waals surface area (Å²) in [5.74, 6) is 0.451. The Hall–Kier alpha value is -1.27. The molecule has 2 rings (SSSR count). The summed E-state index contributed by atoms with van der Waals surface area (Å²) in [4.78, 5) is 5.96. The van der Waals surface area contributed by atoms with E-state index in [9.17, 15) is 13.2 Å². The zero-order chi connectivity index (χ0) is 14.9. The van der Waals surface area contributed by atoms with E-state index in [1.807, 2.05) is 11.8 Å². The van der Waals surface area contributed by atoms with E-state index < -0.39 is 11.7 Å². The molecule has 0 spiro atoms. The largest absolute Gasteiger partial charge is 0.416 e. The summed E-state index contributed by atoms with van der Waals surface area (Å²) < 4.78 is 39.0. The van der Waals surface area contributed by atoms with Crippen LogP contribution in [-0.4, -0.2) is 29.9 Å². The number of hydrogen-bond donors (Lipinski definition) is 1. The Bertz CT molecular complexity index is 528. The third-order valence-corrected chi connectivity index (χ3v) is 3.64. The molecule has 0 saturated carbocycles. The van der Waals surface area contributed by atoms with Crippen LogP contribution in [0.1, 0.15) is 18.1 Å². The maximum absolute atomic E-state index is 13.0. The maximum Gasteiger partial charge on any atom is 0.416 e. The first-order valence-corrected chi connectivity index (χ1v) is 6.56. The molecule has 1 unspecified atom stereocenters. The minimum absolute atomic E-state index is 0.146. The van der Waals surface area contributed by atoms with Crippen molar-refractivity contribution in [2.75, 3.05) is 13.1 Å². The summed E-state index contributed by atoms with van der Waals surface area (Å²) in [7, 11) is 0. The van der Waals surface area contributed by atoms with Crippen LogP contribution in [0.25, 0.3) is 0 Å². The van der Waals surface area contributed by atoms with E-state index >= 15 is 0 Å². The lowest BCUT2D eigenvalue weighted by Gasteiger charge is -2.32. The van der Waals surface area contributed by atoms with Gasteiger partial charge in [0.25, 0.3) is 0 Å². The molecule has 0 aliphatic carbocycles. The van der Waals surface area contributed by atoms with Crippen molar-refractivity contribution in [3.05, 3.63) is 34.3 Å². The van der Waals surface area contributed by atoms with Gasteiger partial charge < -0.3 is 5.73 Å². The minimum Gasteiger partial charge on any atom is -0.386 e. The van der Waals surface area contributed by atoms with Crippen LogP contribution in [-0.2, 0) is 12.7 Å². The highest BCUT2D eigenvalue weighted by Crippen LogP contribution is 2.34. The van der Waals surface area contributed by atoms with Crippen molar-refractivity contribution in [1.29, 1.82) is 0 Å². The van der Waals surface area contributed by atoms with Gasteiger partial charge in [0.2, 0.25) is 0 Å². The van der Waals surface area contributed by atoms with E-state index in [4.69, 9.17) is 17.3 Å². The van der Waals surface area contributed by atoms with Gasteiger partial charge in [0, 0.05) is 18.1 Å². The SMILES string of the molecule is CC1C(N)=NCCN1Cc1cc(Cl)ccc1C(F)(F)F. The fraction of sp³-hybridized carbons (Fsp3) is 0.462. The van der Waals surface area contributed by atoms with Gasteiger partial charge in [-0.1, -0.05) is 11.6 Å². The number of halogens is 4. The van der Waals surface area contributed by atoms with E-state index in [0.717, 1.165) is 6.07 Å². The molecule has 1 aromatic carbocycles. The molecule has 0 aromatic heterocycles.